The second-order valence-corrected chi connectivity index (χ2v) is 13.0. The van der Waals surface area contributed by atoms with Crippen molar-refractivity contribution < 1.29 is 15.0 Å². The van der Waals surface area contributed by atoms with E-state index in [1.807, 2.05) is 0 Å². The highest BCUT2D eigenvalue weighted by Crippen LogP contribution is 2.16. The van der Waals surface area contributed by atoms with Crippen molar-refractivity contribution >= 4 is 5.91 Å². The summed E-state index contributed by atoms with van der Waals surface area (Å²) in [7, 11) is 0. The third-order valence-corrected chi connectivity index (χ3v) is 8.87. The standard InChI is InChI=1S/C37H75NO3/c1-3-5-7-9-10-11-12-13-14-15-16-17-18-19-20-21-22-23-24-25-26-27-28-29-30-32-36(40)35(34-39)38-37(41)33-31-8-6-4-2/h35-36,39-40H,3-34H2,1-2H3,(H,38,41). The Balaban J connectivity index is 3.33. The van der Waals surface area contributed by atoms with Gasteiger partial charge in [0.25, 0.3) is 0 Å². The molecule has 4 heteroatoms. The van der Waals surface area contributed by atoms with Crippen LogP contribution in [0.25, 0.3) is 0 Å². The van der Waals surface area contributed by atoms with Gasteiger partial charge in [-0.05, 0) is 12.8 Å². The summed E-state index contributed by atoms with van der Waals surface area (Å²) in [6, 6.07) is -0.525. The number of hydrogen-bond donors (Lipinski definition) is 3. The first kappa shape index (κ1) is 40.4. The van der Waals surface area contributed by atoms with Gasteiger partial charge in [-0.2, -0.15) is 0 Å². The minimum atomic E-state index is -0.649. The molecule has 0 aromatic rings. The normalized spacial score (nSPS) is 13.0. The molecule has 1 amide bonds. The Kier molecular flexibility index (Phi) is 33.4. The van der Waals surface area contributed by atoms with Crippen molar-refractivity contribution in [1.82, 2.24) is 5.32 Å². The predicted molar refractivity (Wildman–Crippen MR) is 179 cm³/mol. The zero-order valence-electron chi connectivity index (χ0n) is 28.1. The first-order chi connectivity index (χ1) is 20.2. The number of carbonyl (C=O) groups is 1. The van der Waals surface area contributed by atoms with E-state index in [4.69, 9.17) is 0 Å². The Bertz CT molecular complexity index is 512. The van der Waals surface area contributed by atoms with Crippen LogP contribution in [-0.2, 0) is 4.79 Å². The quantitative estimate of drug-likeness (QED) is 0.0662. The van der Waals surface area contributed by atoms with Gasteiger partial charge in [0.2, 0.25) is 5.91 Å². The SMILES string of the molecule is CCCCCCCCCCCCCCCCCCCCCCCCCCCC(O)C(CO)NC(=O)CCCCCC. The van der Waals surface area contributed by atoms with Crippen molar-refractivity contribution in [3.8, 4) is 0 Å². The number of amides is 1. The molecule has 0 aliphatic rings. The van der Waals surface area contributed by atoms with Gasteiger partial charge in [0.15, 0.2) is 0 Å². The molecule has 0 aliphatic heterocycles. The first-order valence-corrected chi connectivity index (χ1v) is 18.7. The number of rotatable bonds is 34. The summed E-state index contributed by atoms with van der Waals surface area (Å²) in [4.78, 5) is 12.0. The summed E-state index contributed by atoms with van der Waals surface area (Å²) in [6.07, 6.45) is 39.3. The van der Waals surface area contributed by atoms with E-state index in [0.29, 0.717) is 12.8 Å². The summed E-state index contributed by atoms with van der Waals surface area (Å²) in [5, 5.41) is 22.8. The van der Waals surface area contributed by atoms with Crippen LogP contribution in [0.5, 0.6) is 0 Å². The van der Waals surface area contributed by atoms with Crippen LogP contribution in [0.3, 0.4) is 0 Å². The van der Waals surface area contributed by atoms with Gasteiger partial charge in [-0.15, -0.1) is 0 Å². The van der Waals surface area contributed by atoms with E-state index in [1.165, 1.54) is 148 Å². The van der Waals surface area contributed by atoms with E-state index in [2.05, 4.69) is 19.2 Å². The molecular formula is C37H75NO3. The Morgan fingerprint density at radius 3 is 1.10 bits per heavy atom. The van der Waals surface area contributed by atoms with Crippen molar-refractivity contribution in [2.45, 2.75) is 225 Å². The van der Waals surface area contributed by atoms with Gasteiger partial charge in [0, 0.05) is 6.42 Å². The maximum absolute atomic E-state index is 12.0. The Hall–Kier alpha value is -0.610. The van der Waals surface area contributed by atoms with Crippen molar-refractivity contribution in [1.29, 1.82) is 0 Å². The molecule has 3 N–H and O–H groups in total. The number of aliphatic hydroxyl groups is 2. The lowest BCUT2D eigenvalue weighted by molar-refractivity contribution is -0.123. The fourth-order valence-electron chi connectivity index (χ4n) is 5.95. The first-order valence-electron chi connectivity index (χ1n) is 18.7. The van der Waals surface area contributed by atoms with E-state index < -0.39 is 12.1 Å². The number of nitrogens with one attached hydrogen (secondary N) is 1. The Morgan fingerprint density at radius 1 is 0.488 bits per heavy atom. The number of carbonyl (C=O) groups excluding carboxylic acids is 1. The van der Waals surface area contributed by atoms with Gasteiger partial charge >= 0.3 is 0 Å². The number of hydrogen-bond acceptors (Lipinski definition) is 3. The monoisotopic (exact) mass is 582 g/mol. The summed E-state index contributed by atoms with van der Waals surface area (Å²) in [6.45, 7) is 4.26. The molecule has 0 spiro atoms. The molecule has 246 valence electrons. The molecule has 0 saturated carbocycles. The van der Waals surface area contributed by atoms with Gasteiger partial charge in [-0.25, -0.2) is 0 Å². The molecule has 4 nitrogen and oxygen atoms in total. The maximum atomic E-state index is 12.0. The second-order valence-electron chi connectivity index (χ2n) is 13.0. The third kappa shape index (κ3) is 30.6. The van der Waals surface area contributed by atoms with Crippen LogP contribution in [0.2, 0.25) is 0 Å². The molecule has 41 heavy (non-hydrogen) atoms. The lowest BCUT2D eigenvalue weighted by Crippen LogP contribution is -2.45. The molecule has 0 aliphatic carbocycles. The van der Waals surface area contributed by atoms with Crippen LogP contribution in [0.1, 0.15) is 213 Å². The van der Waals surface area contributed by atoms with Crippen LogP contribution >= 0.6 is 0 Å². The van der Waals surface area contributed by atoms with Crippen LogP contribution in [0.4, 0.5) is 0 Å². The van der Waals surface area contributed by atoms with Crippen LogP contribution < -0.4 is 5.32 Å². The van der Waals surface area contributed by atoms with Crippen LogP contribution in [0.15, 0.2) is 0 Å². The lowest BCUT2D eigenvalue weighted by Gasteiger charge is -2.22. The van der Waals surface area contributed by atoms with E-state index in [0.717, 1.165) is 38.5 Å². The molecule has 0 heterocycles. The highest BCUT2D eigenvalue weighted by atomic mass is 16.3. The van der Waals surface area contributed by atoms with Crippen molar-refractivity contribution in [3.63, 3.8) is 0 Å². The smallest absolute Gasteiger partial charge is 0.220 e. The molecule has 0 aromatic heterocycles. The van der Waals surface area contributed by atoms with E-state index in [1.54, 1.807) is 0 Å². The summed E-state index contributed by atoms with van der Waals surface area (Å²) < 4.78 is 0. The highest BCUT2D eigenvalue weighted by Gasteiger charge is 2.19. The second kappa shape index (κ2) is 33.9. The third-order valence-electron chi connectivity index (χ3n) is 8.87. The molecule has 0 saturated heterocycles. The van der Waals surface area contributed by atoms with Crippen LogP contribution in [-0.4, -0.2) is 34.9 Å². The van der Waals surface area contributed by atoms with Gasteiger partial charge in [-0.3, -0.25) is 4.79 Å². The van der Waals surface area contributed by atoms with Crippen molar-refractivity contribution in [2.24, 2.45) is 0 Å². The number of unbranched alkanes of at least 4 members (excludes halogenated alkanes) is 27. The largest absolute Gasteiger partial charge is 0.394 e. The summed E-state index contributed by atoms with van der Waals surface area (Å²) >= 11 is 0. The minimum absolute atomic E-state index is 0.0472. The summed E-state index contributed by atoms with van der Waals surface area (Å²) in [5.74, 6) is -0.0472. The average Bonchev–Trinajstić information content (AvgIpc) is 2.98. The van der Waals surface area contributed by atoms with Gasteiger partial charge in [-0.1, -0.05) is 194 Å². The maximum Gasteiger partial charge on any atom is 0.220 e. The van der Waals surface area contributed by atoms with Crippen molar-refractivity contribution in [3.05, 3.63) is 0 Å². The van der Waals surface area contributed by atoms with Gasteiger partial charge in [0.1, 0.15) is 0 Å². The zero-order valence-corrected chi connectivity index (χ0v) is 28.1. The number of aliphatic hydroxyl groups excluding tert-OH is 2. The molecule has 2 unspecified atom stereocenters. The highest BCUT2D eigenvalue weighted by molar-refractivity contribution is 5.76. The molecule has 0 radical (unpaired) electrons. The molecular weight excluding hydrogens is 506 g/mol. The fourth-order valence-corrected chi connectivity index (χ4v) is 5.95. The van der Waals surface area contributed by atoms with Crippen LogP contribution in [0, 0.1) is 0 Å². The average molecular weight is 582 g/mol. The topological polar surface area (TPSA) is 69.6 Å². The molecule has 0 aromatic carbocycles. The molecule has 2 atom stereocenters. The Labute approximate surface area is 257 Å². The van der Waals surface area contributed by atoms with E-state index in [-0.39, 0.29) is 12.5 Å². The predicted octanol–water partition coefficient (Wildman–Crippen LogP) is 11.0. The zero-order chi connectivity index (χ0) is 30.1. The Morgan fingerprint density at radius 2 is 0.780 bits per heavy atom. The molecule has 0 bridgehead atoms. The van der Waals surface area contributed by atoms with E-state index >= 15 is 0 Å². The van der Waals surface area contributed by atoms with Gasteiger partial charge in [0.05, 0.1) is 18.8 Å². The minimum Gasteiger partial charge on any atom is -0.394 e. The lowest BCUT2D eigenvalue weighted by atomic mass is 10.0. The van der Waals surface area contributed by atoms with E-state index in [9.17, 15) is 15.0 Å². The fraction of sp³-hybridized carbons (Fsp3) is 0.973. The van der Waals surface area contributed by atoms with Crippen molar-refractivity contribution in [2.75, 3.05) is 6.61 Å². The molecule has 0 fully saturated rings. The van der Waals surface area contributed by atoms with Gasteiger partial charge < -0.3 is 15.5 Å². The summed E-state index contributed by atoms with van der Waals surface area (Å²) in [5.41, 5.74) is 0. The molecule has 0 rings (SSSR count).